The maximum Gasteiger partial charge on any atom is 0.157 e. The molecule has 4 fully saturated rings. The molecule has 1 saturated heterocycles. The number of allylic oxidation sites excluding steroid dienone is 1. The van der Waals surface area contributed by atoms with Gasteiger partial charge in [0.1, 0.15) is 6.29 Å². The van der Waals surface area contributed by atoms with Gasteiger partial charge in [-0.2, -0.15) is 0 Å². The smallest absolute Gasteiger partial charge is 0.157 e. The number of hydrogen-bond acceptors (Lipinski definition) is 3. The second-order valence-electron chi connectivity index (χ2n) is 12.5. The van der Waals surface area contributed by atoms with Gasteiger partial charge in [0.05, 0.1) is 6.10 Å². The highest BCUT2D eigenvalue weighted by atomic mass is 16.7. The Morgan fingerprint density at radius 1 is 1.12 bits per heavy atom. The third kappa shape index (κ3) is 3.94. The molecule has 1 aliphatic heterocycles. The van der Waals surface area contributed by atoms with Gasteiger partial charge in [0.15, 0.2) is 6.29 Å². The van der Waals surface area contributed by atoms with Crippen LogP contribution in [0.15, 0.2) is 11.6 Å². The normalized spacial score (nSPS) is 47.0. The molecule has 0 amide bonds. The van der Waals surface area contributed by atoms with Crippen molar-refractivity contribution in [1.82, 2.24) is 0 Å². The first kappa shape index (κ1) is 23.1. The van der Waals surface area contributed by atoms with Gasteiger partial charge in [-0.25, -0.2) is 0 Å². The molecule has 0 aromatic carbocycles. The quantitative estimate of drug-likeness (QED) is 0.325. The summed E-state index contributed by atoms with van der Waals surface area (Å²) in [5.41, 5.74) is 2.59. The van der Waals surface area contributed by atoms with E-state index in [9.17, 15) is 4.79 Å². The molecule has 32 heavy (non-hydrogen) atoms. The Balaban J connectivity index is 1.28. The summed E-state index contributed by atoms with van der Waals surface area (Å²) >= 11 is 0. The maximum absolute atomic E-state index is 11.0. The number of carbonyl (C=O) groups is 1. The van der Waals surface area contributed by atoms with Gasteiger partial charge in [-0.3, -0.25) is 0 Å². The molecule has 0 bridgehead atoms. The lowest BCUT2D eigenvalue weighted by Crippen LogP contribution is -2.51. The predicted molar refractivity (Wildman–Crippen MR) is 128 cm³/mol. The van der Waals surface area contributed by atoms with Gasteiger partial charge in [0, 0.05) is 13.0 Å². The van der Waals surface area contributed by atoms with Gasteiger partial charge in [0.25, 0.3) is 0 Å². The SMILES string of the molecule is C[C@H](CCC=O)[C@H]1CC[C@H]2[C@@H]3CC=C4CC(OC5CCCCO5)CC[C@]4(C)[C@H]3CC[C@]12C. The van der Waals surface area contributed by atoms with Crippen molar-refractivity contribution >= 4 is 6.29 Å². The molecule has 9 atom stereocenters. The van der Waals surface area contributed by atoms with E-state index >= 15 is 0 Å². The maximum atomic E-state index is 11.0. The average molecular weight is 443 g/mol. The van der Waals surface area contributed by atoms with E-state index in [2.05, 4.69) is 26.8 Å². The summed E-state index contributed by atoms with van der Waals surface area (Å²) in [4.78, 5) is 11.0. The molecule has 0 spiro atoms. The Bertz CT molecular complexity index is 709. The summed E-state index contributed by atoms with van der Waals surface area (Å²) in [6.07, 6.45) is 20.0. The number of aldehydes is 1. The molecule has 180 valence electrons. The minimum absolute atomic E-state index is 0.0436. The van der Waals surface area contributed by atoms with E-state index in [1.165, 1.54) is 57.8 Å². The molecular weight excluding hydrogens is 396 g/mol. The van der Waals surface area contributed by atoms with Gasteiger partial charge in [-0.1, -0.05) is 32.4 Å². The van der Waals surface area contributed by atoms with Gasteiger partial charge in [0.2, 0.25) is 0 Å². The fourth-order valence-electron chi connectivity index (χ4n) is 9.28. The van der Waals surface area contributed by atoms with E-state index in [1.54, 1.807) is 5.57 Å². The molecule has 3 saturated carbocycles. The summed E-state index contributed by atoms with van der Waals surface area (Å²) in [5, 5.41) is 0. The van der Waals surface area contributed by atoms with Crippen molar-refractivity contribution in [3.63, 3.8) is 0 Å². The number of hydrogen-bond donors (Lipinski definition) is 0. The largest absolute Gasteiger partial charge is 0.353 e. The summed E-state index contributed by atoms with van der Waals surface area (Å²) in [5.74, 6) is 4.10. The topological polar surface area (TPSA) is 35.5 Å². The van der Waals surface area contributed by atoms with E-state index in [0.717, 1.165) is 62.2 Å². The Kier molecular flexibility index (Phi) is 6.62. The number of rotatable bonds is 6. The van der Waals surface area contributed by atoms with Crippen molar-refractivity contribution in [2.75, 3.05) is 6.61 Å². The van der Waals surface area contributed by atoms with Crippen molar-refractivity contribution in [3.8, 4) is 0 Å². The van der Waals surface area contributed by atoms with Crippen LogP contribution in [0.3, 0.4) is 0 Å². The average Bonchev–Trinajstić information content (AvgIpc) is 3.16. The summed E-state index contributed by atoms with van der Waals surface area (Å²) in [6.45, 7) is 8.52. The van der Waals surface area contributed by atoms with Crippen LogP contribution in [0.4, 0.5) is 0 Å². The van der Waals surface area contributed by atoms with Gasteiger partial charge >= 0.3 is 0 Å². The van der Waals surface area contributed by atoms with Crippen LogP contribution >= 0.6 is 0 Å². The molecule has 4 aliphatic carbocycles. The zero-order chi connectivity index (χ0) is 22.3. The van der Waals surface area contributed by atoms with Crippen LogP contribution < -0.4 is 0 Å². The van der Waals surface area contributed by atoms with E-state index < -0.39 is 0 Å². The summed E-state index contributed by atoms with van der Waals surface area (Å²) in [6, 6.07) is 0. The van der Waals surface area contributed by atoms with E-state index in [-0.39, 0.29) is 6.29 Å². The third-order valence-corrected chi connectivity index (χ3v) is 11.0. The molecule has 3 nitrogen and oxygen atoms in total. The van der Waals surface area contributed by atoms with Crippen molar-refractivity contribution < 1.29 is 14.3 Å². The lowest BCUT2D eigenvalue weighted by atomic mass is 9.47. The fraction of sp³-hybridized carbons (Fsp3) is 0.897. The van der Waals surface area contributed by atoms with E-state index in [4.69, 9.17) is 9.47 Å². The fourth-order valence-corrected chi connectivity index (χ4v) is 9.28. The lowest BCUT2D eigenvalue weighted by Gasteiger charge is -2.58. The standard InChI is InChI=1S/C29H46O3/c1-20(7-6-17-30)24-11-12-25-23-10-9-21-19-22(32-27-8-4-5-18-31-27)13-15-28(21,2)26(23)14-16-29(24,25)3/h9,17,20,22-27H,4-8,10-16,18-19H2,1-3H3/t20-,22?,23+,24-,25+,26+,27?,28+,29-/m1/s1. The van der Waals surface area contributed by atoms with Crippen LogP contribution in [0.1, 0.15) is 104 Å². The van der Waals surface area contributed by atoms with Gasteiger partial charge in [-0.05, 0) is 117 Å². The first-order valence-corrected chi connectivity index (χ1v) is 13.9. The Hall–Kier alpha value is -0.670. The first-order chi connectivity index (χ1) is 15.5. The van der Waals surface area contributed by atoms with Gasteiger partial charge in [-0.15, -0.1) is 0 Å². The van der Waals surface area contributed by atoms with Crippen molar-refractivity contribution in [2.45, 2.75) is 117 Å². The van der Waals surface area contributed by atoms with E-state index in [0.29, 0.717) is 22.9 Å². The number of fused-ring (bicyclic) bond motifs is 5. The molecule has 5 aliphatic rings. The number of carbonyl (C=O) groups excluding carboxylic acids is 1. The van der Waals surface area contributed by atoms with Crippen molar-refractivity contribution in [3.05, 3.63) is 11.6 Å². The van der Waals surface area contributed by atoms with Crippen LogP contribution in [0.5, 0.6) is 0 Å². The summed E-state index contributed by atoms with van der Waals surface area (Å²) in [7, 11) is 0. The monoisotopic (exact) mass is 442 g/mol. The second kappa shape index (κ2) is 9.17. The lowest BCUT2D eigenvalue weighted by molar-refractivity contribution is -0.195. The van der Waals surface area contributed by atoms with Crippen LogP contribution in [-0.4, -0.2) is 25.3 Å². The highest BCUT2D eigenvalue weighted by Gasteiger charge is 2.59. The summed E-state index contributed by atoms with van der Waals surface area (Å²) < 4.78 is 12.3. The van der Waals surface area contributed by atoms with Gasteiger partial charge < -0.3 is 14.3 Å². The highest BCUT2D eigenvalue weighted by Crippen LogP contribution is 2.67. The Labute approximate surface area is 196 Å². The highest BCUT2D eigenvalue weighted by molar-refractivity contribution is 5.49. The number of ether oxygens (including phenoxy) is 2. The predicted octanol–water partition coefficient (Wildman–Crippen LogP) is 7.09. The second-order valence-corrected chi connectivity index (χ2v) is 12.5. The molecule has 5 rings (SSSR count). The minimum atomic E-state index is 0.0436. The molecule has 3 heteroatoms. The van der Waals surface area contributed by atoms with Crippen LogP contribution in [-0.2, 0) is 14.3 Å². The zero-order valence-electron chi connectivity index (χ0n) is 20.8. The van der Waals surface area contributed by atoms with Crippen LogP contribution in [0.25, 0.3) is 0 Å². The van der Waals surface area contributed by atoms with Crippen molar-refractivity contribution in [1.29, 1.82) is 0 Å². The molecule has 0 aromatic rings. The Morgan fingerprint density at radius 2 is 2.00 bits per heavy atom. The molecule has 0 aromatic heterocycles. The Morgan fingerprint density at radius 3 is 2.78 bits per heavy atom. The van der Waals surface area contributed by atoms with Crippen LogP contribution in [0, 0.1) is 40.4 Å². The first-order valence-electron chi connectivity index (χ1n) is 13.9. The molecular formula is C29H46O3. The third-order valence-electron chi connectivity index (χ3n) is 11.0. The van der Waals surface area contributed by atoms with Crippen molar-refractivity contribution in [2.24, 2.45) is 40.4 Å². The molecule has 2 unspecified atom stereocenters. The molecule has 1 heterocycles. The molecule has 0 radical (unpaired) electrons. The van der Waals surface area contributed by atoms with Crippen LogP contribution in [0.2, 0.25) is 0 Å². The zero-order valence-corrected chi connectivity index (χ0v) is 20.8. The van der Waals surface area contributed by atoms with E-state index in [1.807, 2.05) is 0 Å². The minimum Gasteiger partial charge on any atom is -0.353 e. The molecule has 0 N–H and O–H groups in total.